The van der Waals surface area contributed by atoms with E-state index >= 15 is 0 Å². The molecule has 1 saturated heterocycles. The largest absolute Gasteiger partial charge is 0.371 e. The number of anilines is 1. The zero-order chi connectivity index (χ0) is 9.26. The second kappa shape index (κ2) is 3.54. The number of halogens is 2. The van der Waals surface area contributed by atoms with Crippen LogP contribution in [0.15, 0.2) is 18.2 Å². The molecule has 0 atom stereocenters. The smallest absolute Gasteiger partial charge is 0.141 e. The van der Waals surface area contributed by atoms with Gasteiger partial charge < -0.3 is 4.90 Å². The summed E-state index contributed by atoms with van der Waals surface area (Å²) in [5.41, 5.74) is 1.03. The van der Waals surface area contributed by atoms with Gasteiger partial charge in [-0.1, -0.05) is 11.6 Å². The highest BCUT2D eigenvalue weighted by Gasteiger charge is 2.13. The summed E-state index contributed by atoms with van der Waals surface area (Å²) in [4.78, 5) is 2.23. The van der Waals surface area contributed by atoms with E-state index in [1.807, 2.05) is 0 Å². The van der Waals surface area contributed by atoms with Gasteiger partial charge >= 0.3 is 0 Å². The minimum Gasteiger partial charge on any atom is -0.371 e. The first-order valence-electron chi connectivity index (χ1n) is 4.47. The number of nitrogens with zero attached hydrogens (tertiary/aromatic N) is 1. The Labute approximate surface area is 82.1 Å². The van der Waals surface area contributed by atoms with Crippen molar-refractivity contribution in [1.82, 2.24) is 0 Å². The molecule has 0 radical (unpaired) electrons. The lowest BCUT2D eigenvalue weighted by Gasteiger charge is -2.17. The van der Waals surface area contributed by atoms with Crippen LogP contribution in [-0.4, -0.2) is 13.1 Å². The van der Waals surface area contributed by atoms with Gasteiger partial charge in [0.1, 0.15) is 5.82 Å². The normalized spacial score (nSPS) is 16.6. The summed E-state index contributed by atoms with van der Waals surface area (Å²) in [6, 6.07) is 4.91. The van der Waals surface area contributed by atoms with Crippen LogP contribution in [0.2, 0.25) is 5.02 Å². The third kappa shape index (κ3) is 1.78. The average Bonchev–Trinajstić information content (AvgIpc) is 2.62. The Balaban J connectivity index is 2.25. The SMILES string of the molecule is Fc1ccc(N2CCCC2)cc1Cl. The minimum atomic E-state index is -0.343. The van der Waals surface area contributed by atoms with E-state index in [1.165, 1.54) is 18.9 Å². The van der Waals surface area contributed by atoms with Crippen molar-refractivity contribution in [3.63, 3.8) is 0 Å². The second-order valence-corrected chi connectivity index (χ2v) is 3.70. The van der Waals surface area contributed by atoms with Crippen molar-refractivity contribution >= 4 is 17.3 Å². The molecule has 0 aliphatic carbocycles. The van der Waals surface area contributed by atoms with Crippen LogP contribution >= 0.6 is 11.6 Å². The van der Waals surface area contributed by atoms with Crippen molar-refractivity contribution in [2.45, 2.75) is 12.8 Å². The number of hydrogen-bond donors (Lipinski definition) is 0. The molecule has 1 fully saturated rings. The molecular weight excluding hydrogens is 189 g/mol. The van der Waals surface area contributed by atoms with Crippen molar-refractivity contribution in [3.8, 4) is 0 Å². The topological polar surface area (TPSA) is 3.24 Å². The van der Waals surface area contributed by atoms with Crippen LogP contribution in [0.25, 0.3) is 0 Å². The fourth-order valence-electron chi connectivity index (χ4n) is 1.66. The van der Waals surface area contributed by atoms with Crippen molar-refractivity contribution in [2.75, 3.05) is 18.0 Å². The van der Waals surface area contributed by atoms with Crippen LogP contribution in [0, 0.1) is 5.82 Å². The van der Waals surface area contributed by atoms with Crippen molar-refractivity contribution in [3.05, 3.63) is 29.0 Å². The van der Waals surface area contributed by atoms with Crippen LogP contribution < -0.4 is 4.90 Å². The Bertz CT molecular complexity index is 308. The second-order valence-electron chi connectivity index (χ2n) is 3.29. The molecule has 1 nitrogen and oxygen atoms in total. The first-order chi connectivity index (χ1) is 6.27. The van der Waals surface area contributed by atoms with Gasteiger partial charge in [0.25, 0.3) is 0 Å². The summed E-state index contributed by atoms with van der Waals surface area (Å²) in [6.07, 6.45) is 2.43. The predicted octanol–water partition coefficient (Wildman–Crippen LogP) is 3.08. The molecule has 0 spiro atoms. The molecule has 70 valence electrons. The lowest BCUT2D eigenvalue weighted by Crippen LogP contribution is -2.17. The summed E-state index contributed by atoms with van der Waals surface area (Å²) in [5.74, 6) is -0.343. The Morgan fingerprint density at radius 1 is 1.23 bits per heavy atom. The van der Waals surface area contributed by atoms with Gasteiger partial charge in [0.05, 0.1) is 5.02 Å². The maximum Gasteiger partial charge on any atom is 0.141 e. The van der Waals surface area contributed by atoms with Gasteiger partial charge in [0.2, 0.25) is 0 Å². The lowest BCUT2D eigenvalue weighted by atomic mass is 10.3. The van der Waals surface area contributed by atoms with E-state index in [4.69, 9.17) is 11.6 Å². The van der Waals surface area contributed by atoms with Gasteiger partial charge in [0.15, 0.2) is 0 Å². The highest BCUT2D eigenvalue weighted by molar-refractivity contribution is 6.31. The standard InChI is InChI=1S/C10H11ClFN/c11-9-7-8(3-4-10(9)12)13-5-1-2-6-13/h3-4,7H,1-2,5-6H2. The molecule has 1 aliphatic heterocycles. The summed E-state index contributed by atoms with van der Waals surface area (Å²) < 4.78 is 12.8. The van der Waals surface area contributed by atoms with E-state index in [0.717, 1.165) is 18.8 Å². The number of benzene rings is 1. The van der Waals surface area contributed by atoms with E-state index in [-0.39, 0.29) is 10.8 Å². The Morgan fingerprint density at radius 2 is 1.92 bits per heavy atom. The molecule has 2 rings (SSSR count). The van der Waals surface area contributed by atoms with Gasteiger partial charge in [-0.3, -0.25) is 0 Å². The summed E-state index contributed by atoms with van der Waals surface area (Å²) in [6.45, 7) is 2.12. The van der Waals surface area contributed by atoms with Crippen LogP contribution in [0.1, 0.15) is 12.8 Å². The Hall–Kier alpha value is -0.760. The predicted molar refractivity (Wildman–Crippen MR) is 52.9 cm³/mol. The fourth-order valence-corrected chi connectivity index (χ4v) is 1.83. The van der Waals surface area contributed by atoms with E-state index in [1.54, 1.807) is 12.1 Å². The fraction of sp³-hybridized carbons (Fsp3) is 0.400. The highest BCUT2D eigenvalue weighted by atomic mass is 35.5. The third-order valence-electron chi connectivity index (χ3n) is 2.37. The van der Waals surface area contributed by atoms with Gasteiger partial charge in [-0.05, 0) is 31.0 Å². The van der Waals surface area contributed by atoms with Crippen LogP contribution in [0.4, 0.5) is 10.1 Å². The van der Waals surface area contributed by atoms with Crippen LogP contribution in [0.3, 0.4) is 0 Å². The maximum absolute atomic E-state index is 12.8. The van der Waals surface area contributed by atoms with Crippen molar-refractivity contribution < 1.29 is 4.39 Å². The zero-order valence-electron chi connectivity index (χ0n) is 7.26. The summed E-state index contributed by atoms with van der Waals surface area (Å²) >= 11 is 5.69. The third-order valence-corrected chi connectivity index (χ3v) is 2.66. The number of hydrogen-bond acceptors (Lipinski definition) is 1. The lowest BCUT2D eigenvalue weighted by molar-refractivity contribution is 0.628. The molecule has 1 aromatic carbocycles. The quantitative estimate of drug-likeness (QED) is 0.672. The van der Waals surface area contributed by atoms with E-state index in [2.05, 4.69) is 4.90 Å². The molecule has 0 aromatic heterocycles. The minimum absolute atomic E-state index is 0.212. The van der Waals surface area contributed by atoms with Gasteiger partial charge in [0, 0.05) is 18.8 Å². The molecule has 13 heavy (non-hydrogen) atoms. The summed E-state index contributed by atoms with van der Waals surface area (Å²) in [5, 5.41) is 0.212. The molecule has 0 saturated carbocycles. The van der Waals surface area contributed by atoms with E-state index in [0.29, 0.717) is 0 Å². The van der Waals surface area contributed by atoms with Gasteiger partial charge in [-0.2, -0.15) is 0 Å². The molecular formula is C10H11ClFN. The van der Waals surface area contributed by atoms with E-state index < -0.39 is 0 Å². The van der Waals surface area contributed by atoms with Crippen LogP contribution in [-0.2, 0) is 0 Å². The highest BCUT2D eigenvalue weighted by Crippen LogP contribution is 2.25. The molecule has 1 heterocycles. The first-order valence-corrected chi connectivity index (χ1v) is 4.85. The van der Waals surface area contributed by atoms with Gasteiger partial charge in [-0.15, -0.1) is 0 Å². The van der Waals surface area contributed by atoms with Gasteiger partial charge in [-0.25, -0.2) is 4.39 Å². The zero-order valence-corrected chi connectivity index (χ0v) is 8.02. The van der Waals surface area contributed by atoms with Crippen molar-refractivity contribution in [1.29, 1.82) is 0 Å². The van der Waals surface area contributed by atoms with E-state index in [9.17, 15) is 4.39 Å². The summed E-state index contributed by atoms with van der Waals surface area (Å²) in [7, 11) is 0. The number of rotatable bonds is 1. The molecule has 0 bridgehead atoms. The average molecular weight is 200 g/mol. The molecule has 0 amide bonds. The van der Waals surface area contributed by atoms with Crippen LogP contribution in [0.5, 0.6) is 0 Å². The molecule has 0 N–H and O–H groups in total. The molecule has 0 unspecified atom stereocenters. The maximum atomic E-state index is 12.8. The molecule has 1 aromatic rings. The Kier molecular flexibility index (Phi) is 2.40. The Morgan fingerprint density at radius 3 is 2.54 bits per heavy atom. The molecule has 1 aliphatic rings. The van der Waals surface area contributed by atoms with Crippen molar-refractivity contribution in [2.24, 2.45) is 0 Å². The first kappa shape index (κ1) is 8.82. The molecule has 3 heteroatoms. The monoisotopic (exact) mass is 199 g/mol.